The Morgan fingerprint density at radius 1 is 1.52 bits per heavy atom. The molecule has 1 aliphatic rings. The molecule has 116 valence electrons. The van der Waals surface area contributed by atoms with Crippen LogP contribution in [-0.4, -0.2) is 30.8 Å². The van der Waals surface area contributed by atoms with Crippen LogP contribution in [0.15, 0.2) is 18.2 Å². The highest BCUT2D eigenvalue weighted by atomic mass is 16.5. The van der Waals surface area contributed by atoms with Crippen molar-refractivity contribution in [3.63, 3.8) is 0 Å². The van der Waals surface area contributed by atoms with Gasteiger partial charge in [0.1, 0.15) is 0 Å². The SMILES string of the molecule is CCOC(=O)c1cccc(NC2CCOC(C)(C)C2)c1N. The summed E-state index contributed by atoms with van der Waals surface area (Å²) in [5.74, 6) is -0.383. The molecule has 1 heterocycles. The van der Waals surface area contributed by atoms with Gasteiger partial charge in [-0.25, -0.2) is 4.79 Å². The Kier molecular flexibility index (Phi) is 4.73. The molecule has 0 bridgehead atoms. The van der Waals surface area contributed by atoms with Gasteiger partial charge < -0.3 is 20.5 Å². The summed E-state index contributed by atoms with van der Waals surface area (Å²) in [6.07, 6.45) is 1.82. The lowest BCUT2D eigenvalue weighted by atomic mass is 9.93. The first-order valence-corrected chi connectivity index (χ1v) is 7.39. The van der Waals surface area contributed by atoms with Crippen molar-refractivity contribution < 1.29 is 14.3 Å². The van der Waals surface area contributed by atoms with Gasteiger partial charge in [0.25, 0.3) is 0 Å². The number of ether oxygens (including phenoxy) is 2. The van der Waals surface area contributed by atoms with Gasteiger partial charge >= 0.3 is 5.97 Å². The van der Waals surface area contributed by atoms with Crippen LogP contribution in [0.4, 0.5) is 11.4 Å². The maximum Gasteiger partial charge on any atom is 0.340 e. The van der Waals surface area contributed by atoms with Gasteiger partial charge in [0.05, 0.1) is 29.1 Å². The second kappa shape index (κ2) is 6.35. The van der Waals surface area contributed by atoms with Crippen LogP contribution in [0.5, 0.6) is 0 Å². The summed E-state index contributed by atoms with van der Waals surface area (Å²) in [5, 5.41) is 3.43. The second-order valence-corrected chi connectivity index (χ2v) is 5.93. The first kappa shape index (κ1) is 15.6. The molecule has 1 aromatic carbocycles. The van der Waals surface area contributed by atoms with E-state index in [1.165, 1.54) is 0 Å². The molecule has 0 aromatic heterocycles. The van der Waals surface area contributed by atoms with Gasteiger partial charge in [-0.1, -0.05) is 6.07 Å². The Morgan fingerprint density at radius 2 is 2.29 bits per heavy atom. The third kappa shape index (κ3) is 3.88. The van der Waals surface area contributed by atoms with Crippen molar-refractivity contribution in [1.29, 1.82) is 0 Å². The predicted molar refractivity (Wildman–Crippen MR) is 83.5 cm³/mol. The molecule has 0 saturated carbocycles. The van der Waals surface area contributed by atoms with Gasteiger partial charge in [0.2, 0.25) is 0 Å². The molecule has 5 nitrogen and oxygen atoms in total. The van der Waals surface area contributed by atoms with Crippen molar-refractivity contribution in [2.75, 3.05) is 24.3 Å². The minimum Gasteiger partial charge on any atom is -0.462 e. The third-order valence-corrected chi connectivity index (χ3v) is 3.66. The molecule has 3 N–H and O–H groups in total. The maximum atomic E-state index is 11.9. The highest BCUT2D eigenvalue weighted by molar-refractivity contribution is 5.98. The number of benzene rings is 1. The number of nitrogens with two attached hydrogens (primary N) is 1. The lowest BCUT2D eigenvalue weighted by Crippen LogP contribution is -2.40. The first-order chi connectivity index (χ1) is 9.93. The molecular weight excluding hydrogens is 268 g/mol. The molecule has 0 aliphatic carbocycles. The number of hydrogen-bond acceptors (Lipinski definition) is 5. The van der Waals surface area contributed by atoms with Crippen LogP contribution >= 0.6 is 0 Å². The van der Waals surface area contributed by atoms with Gasteiger partial charge in [0.15, 0.2) is 0 Å². The summed E-state index contributed by atoms with van der Waals surface area (Å²) in [6.45, 7) is 7.00. The van der Waals surface area contributed by atoms with Crippen LogP contribution in [-0.2, 0) is 9.47 Å². The van der Waals surface area contributed by atoms with Gasteiger partial charge in [0, 0.05) is 12.6 Å². The summed E-state index contributed by atoms with van der Waals surface area (Å²) >= 11 is 0. The number of carbonyl (C=O) groups is 1. The summed E-state index contributed by atoms with van der Waals surface area (Å²) < 4.78 is 10.7. The smallest absolute Gasteiger partial charge is 0.340 e. The number of nitrogen functional groups attached to an aromatic ring is 1. The first-order valence-electron chi connectivity index (χ1n) is 7.39. The summed E-state index contributed by atoms with van der Waals surface area (Å²) in [6, 6.07) is 5.68. The molecule has 1 unspecified atom stereocenters. The normalized spacial score (nSPS) is 20.8. The number of hydrogen-bond donors (Lipinski definition) is 2. The third-order valence-electron chi connectivity index (χ3n) is 3.66. The molecule has 1 fully saturated rings. The van der Waals surface area contributed by atoms with E-state index in [0.717, 1.165) is 25.1 Å². The van der Waals surface area contributed by atoms with Crippen molar-refractivity contribution in [2.45, 2.75) is 45.3 Å². The second-order valence-electron chi connectivity index (χ2n) is 5.93. The van der Waals surface area contributed by atoms with Crippen LogP contribution in [0.25, 0.3) is 0 Å². The lowest BCUT2D eigenvalue weighted by molar-refractivity contribution is -0.0553. The zero-order valence-corrected chi connectivity index (χ0v) is 12.9. The fraction of sp³-hybridized carbons (Fsp3) is 0.562. The molecule has 1 saturated heterocycles. The summed E-state index contributed by atoms with van der Waals surface area (Å²) in [5.41, 5.74) is 7.61. The fourth-order valence-corrected chi connectivity index (χ4v) is 2.65. The number of rotatable bonds is 4. The standard InChI is InChI=1S/C16H24N2O3/c1-4-20-15(19)12-6-5-7-13(14(12)17)18-11-8-9-21-16(2,3)10-11/h5-7,11,18H,4,8-10,17H2,1-3H3. The molecule has 1 aromatic rings. The number of nitrogens with one attached hydrogen (secondary N) is 1. The average Bonchev–Trinajstić information content (AvgIpc) is 2.40. The van der Waals surface area contributed by atoms with E-state index in [-0.39, 0.29) is 17.6 Å². The molecule has 0 amide bonds. The Morgan fingerprint density at radius 3 is 2.95 bits per heavy atom. The van der Waals surface area contributed by atoms with Crippen molar-refractivity contribution >= 4 is 17.3 Å². The molecule has 1 aliphatic heterocycles. The van der Waals surface area contributed by atoms with E-state index in [2.05, 4.69) is 19.2 Å². The molecule has 5 heteroatoms. The highest BCUT2D eigenvalue weighted by Crippen LogP contribution is 2.29. The van der Waals surface area contributed by atoms with Crippen LogP contribution in [0, 0.1) is 0 Å². The number of para-hydroxylation sites is 1. The van der Waals surface area contributed by atoms with E-state index in [0.29, 0.717) is 17.9 Å². The highest BCUT2D eigenvalue weighted by Gasteiger charge is 2.29. The molecule has 0 radical (unpaired) electrons. The molecular formula is C16H24N2O3. The lowest BCUT2D eigenvalue weighted by Gasteiger charge is -2.36. The number of anilines is 2. The Bertz CT molecular complexity index is 514. The van der Waals surface area contributed by atoms with E-state index in [1.807, 2.05) is 12.1 Å². The van der Waals surface area contributed by atoms with E-state index in [9.17, 15) is 4.79 Å². The Labute approximate surface area is 125 Å². The molecule has 2 rings (SSSR count). The number of carbonyl (C=O) groups excluding carboxylic acids is 1. The summed E-state index contributed by atoms with van der Waals surface area (Å²) in [7, 11) is 0. The van der Waals surface area contributed by atoms with E-state index in [1.54, 1.807) is 13.0 Å². The van der Waals surface area contributed by atoms with Gasteiger partial charge in [-0.15, -0.1) is 0 Å². The topological polar surface area (TPSA) is 73.6 Å². The minimum absolute atomic E-state index is 0.135. The molecule has 0 spiro atoms. The largest absolute Gasteiger partial charge is 0.462 e. The van der Waals surface area contributed by atoms with Crippen LogP contribution in [0.2, 0.25) is 0 Å². The Balaban J connectivity index is 2.13. The number of esters is 1. The van der Waals surface area contributed by atoms with Gasteiger partial charge in [-0.3, -0.25) is 0 Å². The van der Waals surface area contributed by atoms with Crippen molar-refractivity contribution in [2.24, 2.45) is 0 Å². The molecule has 1 atom stereocenters. The zero-order valence-electron chi connectivity index (χ0n) is 12.9. The average molecular weight is 292 g/mol. The quantitative estimate of drug-likeness (QED) is 0.659. The van der Waals surface area contributed by atoms with Gasteiger partial charge in [-0.2, -0.15) is 0 Å². The predicted octanol–water partition coefficient (Wildman–Crippen LogP) is 2.82. The van der Waals surface area contributed by atoms with Crippen LogP contribution in [0.3, 0.4) is 0 Å². The van der Waals surface area contributed by atoms with Crippen molar-refractivity contribution in [3.05, 3.63) is 23.8 Å². The fourth-order valence-electron chi connectivity index (χ4n) is 2.65. The Hall–Kier alpha value is -1.75. The van der Waals surface area contributed by atoms with Gasteiger partial charge in [-0.05, 0) is 45.7 Å². The minimum atomic E-state index is -0.383. The van der Waals surface area contributed by atoms with Crippen LogP contribution in [0.1, 0.15) is 44.0 Å². The van der Waals surface area contributed by atoms with Crippen molar-refractivity contribution in [3.8, 4) is 0 Å². The zero-order chi connectivity index (χ0) is 15.5. The molecule has 21 heavy (non-hydrogen) atoms. The van der Waals surface area contributed by atoms with E-state index >= 15 is 0 Å². The van der Waals surface area contributed by atoms with Crippen molar-refractivity contribution in [1.82, 2.24) is 0 Å². The monoisotopic (exact) mass is 292 g/mol. The van der Waals surface area contributed by atoms with E-state index in [4.69, 9.17) is 15.2 Å². The van der Waals surface area contributed by atoms with Crippen LogP contribution < -0.4 is 11.1 Å². The summed E-state index contributed by atoms with van der Waals surface area (Å²) in [4.78, 5) is 11.9. The van der Waals surface area contributed by atoms with E-state index < -0.39 is 0 Å². The maximum absolute atomic E-state index is 11.9.